The maximum atomic E-state index is 6.22. The van der Waals surface area contributed by atoms with Crippen molar-refractivity contribution in [3.8, 4) is 0 Å². The van der Waals surface area contributed by atoms with Crippen molar-refractivity contribution in [3.63, 3.8) is 0 Å². The molecule has 3 aliphatic carbocycles. The highest BCUT2D eigenvalue weighted by atomic mass is 16.5. The summed E-state index contributed by atoms with van der Waals surface area (Å²) in [5.74, 6) is 1.82. The lowest BCUT2D eigenvalue weighted by Crippen LogP contribution is -2.36. The minimum atomic E-state index is 0.540. The van der Waals surface area contributed by atoms with E-state index in [1.165, 1.54) is 77.0 Å². The summed E-state index contributed by atoms with van der Waals surface area (Å²) >= 11 is 0. The molecule has 2 fully saturated rings. The lowest BCUT2D eigenvalue weighted by atomic mass is 9.75. The molecule has 1 unspecified atom stereocenters. The molecule has 3 aliphatic rings. The highest BCUT2D eigenvalue weighted by molar-refractivity contribution is 4.96. The highest BCUT2D eigenvalue weighted by Crippen LogP contribution is 2.36. The second kappa shape index (κ2) is 9.22. The smallest absolute Gasteiger partial charge is 0.0597 e. The van der Waals surface area contributed by atoms with Crippen LogP contribution in [0, 0.1) is 11.8 Å². The largest absolute Gasteiger partial charge is 0.377 e. The Morgan fingerprint density at radius 2 is 1.70 bits per heavy atom. The molecule has 2 saturated carbocycles. The first-order valence-electron chi connectivity index (χ1n) is 10.3. The monoisotopic (exact) mass is 319 g/mol. The molecule has 0 aromatic carbocycles. The molecule has 0 spiro atoms. The number of rotatable bonds is 6. The Balaban J connectivity index is 1.30. The summed E-state index contributed by atoms with van der Waals surface area (Å²) in [6.45, 7) is 2.06. The molecule has 3 rings (SSSR count). The van der Waals surface area contributed by atoms with E-state index in [1.807, 2.05) is 0 Å². The van der Waals surface area contributed by atoms with Gasteiger partial charge in [-0.2, -0.15) is 0 Å². The van der Waals surface area contributed by atoms with Crippen molar-refractivity contribution in [1.29, 1.82) is 0 Å². The molecule has 132 valence electrons. The van der Waals surface area contributed by atoms with Gasteiger partial charge in [0, 0.05) is 12.6 Å². The molecule has 2 heteroatoms. The van der Waals surface area contributed by atoms with Crippen LogP contribution in [-0.4, -0.2) is 37.2 Å². The minimum Gasteiger partial charge on any atom is -0.377 e. The van der Waals surface area contributed by atoms with E-state index in [4.69, 9.17) is 4.74 Å². The van der Waals surface area contributed by atoms with Gasteiger partial charge in [-0.05, 0) is 76.7 Å². The summed E-state index contributed by atoms with van der Waals surface area (Å²) in [7, 11) is 2.30. The van der Waals surface area contributed by atoms with Gasteiger partial charge in [-0.25, -0.2) is 0 Å². The van der Waals surface area contributed by atoms with Crippen molar-refractivity contribution in [2.45, 2.75) is 89.2 Å². The Labute approximate surface area is 143 Å². The highest BCUT2D eigenvalue weighted by Gasteiger charge is 2.27. The van der Waals surface area contributed by atoms with Gasteiger partial charge in [0.05, 0.1) is 12.7 Å². The Morgan fingerprint density at radius 1 is 0.913 bits per heavy atom. The van der Waals surface area contributed by atoms with Crippen molar-refractivity contribution in [2.24, 2.45) is 11.8 Å². The molecule has 0 heterocycles. The fourth-order valence-corrected chi connectivity index (χ4v) is 4.98. The fraction of sp³-hybridized carbons (Fsp3) is 0.905. The van der Waals surface area contributed by atoms with Gasteiger partial charge < -0.3 is 9.64 Å². The number of nitrogens with zero attached hydrogens (tertiary/aromatic N) is 1. The van der Waals surface area contributed by atoms with Crippen molar-refractivity contribution >= 4 is 0 Å². The van der Waals surface area contributed by atoms with Crippen LogP contribution in [0.15, 0.2) is 12.2 Å². The normalized spacial score (nSPS) is 33.2. The van der Waals surface area contributed by atoms with Crippen molar-refractivity contribution < 1.29 is 4.74 Å². The molecular formula is C21H37NO. The molecule has 2 nitrogen and oxygen atoms in total. The molecule has 0 aromatic heterocycles. The lowest BCUT2D eigenvalue weighted by molar-refractivity contribution is -0.000191. The zero-order valence-corrected chi connectivity index (χ0v) is 15.2. The summed E-state index contributed by atoms with van der Waals surface area (Å²) < 4.78 is 6.22. The van der Waals surface area contributed by atoms with Crippen molar-refractivity contribution in [1.82, 2.24) is 4.90 Å². The average Bonchev–Trinajstić information content (AvgIpc) is 2.64. The Bertz CT molecular complexity index is 353. The number of ether oxygens (including phenoxy) is 1. The molecule has 0 aromatic rings. The van der Waals surface area contributed by atoms with E-state index in [-0.39, 0.29) is 0 Å². The van der Waals surface area contributed by atoms with Crippen LogP contribution >= 0.6 is 0 Å². The summed E-state index contributed by atoms with van der Waals surface area (Å²) in [6, 6.07) is 0.821. The quantitative estimate of drug-likeness (QED) is 0.625. The second-order valence-corrected chi connectivity index (χ2v) is 8.20. The summed E-state index contributed by atoms with van der Waals surface area (Å²) in [5.41, 5.74) is 0. The van der Waals surface area contributed by atoms with Gasteiger partial charge in [0.15, 0.2) is 0 Å². The Morgan fingerprint density at radius 3 is 2.39 bits per heavy atom. The third kappa shape index (κ3) is 5.32. The molecule has 0 amide bonds. The molecule has 0 N–H and O–H groups in total. The van der Waals surface area contributed by atoms with Crippen LogP contribution in [0.5, 0.6) is 0 Å². The maximum absolute atomic E-state index is 6.22. The van der Waals surface area contributed by atoms with Gasteiger partial charge in [0.25, 0.3) is 0 Å². The second-order valence-electron chi connectivity index (χ2n) is 8.20. The molecular weight excluding hydrogens is 282 g/mol. The van der Waals surface area contributed by atoms with Gasteiger partial charge in [0.1, 0.15) is 0 Å². The van der Waals surface area contributed by atoms with Crippen molar-refractivity contribution in [2.75, 3.05) is 20.2 Å². The predicted octanol–water partition coefficient (Wildman–Crippen LogP) is 5.18. The van der Waals surface area contributed by atoms with Gasteiger partial charge in [-0.3, -0.25) is 0 Å². The zero-order valence-electron chi connectivity index (χ0n) is 15.2. The molecule has 0 aliphatic heterocycles. The Kier molecular flexibility index (Phi) is 7.01. The zero-order chi connectivity index (χ0) is 15.9. The van der Waals surface area contributed by atoms with Crippen molar-refractivity contribution in [3.05, 3.63) is 12.2 Å². The third-order valence-electron chi connectivity index (χ3n) is 6.61. The van der Waals surface area contributed by atoms with Crippen LogP contribution < -0.4 is 0 Å². The van der Waals surface area contributed by atoms with Gasteiger partial charge in [-0.1, -0.05) is 31.4 Å². The standard InChI is InChI=1S/C21H37NO/c1-22(20-10-6-3-7-11-20)16-17-23-21-14-12-19(13-15-21)18-8-4-2-5-9-18/h4,8,18-21H,2-3,5-7,9-17H2,1H3. The molecule has 23 heavy (non-hydrogen) atoms. The van der Waals surface area contributed by atoms with E-state index in [2.05, 4.69) is 24.1 Å². The number of hydrogen-bond acceptors (Lipinski definition) is 2. The lowest BCUT2D eigenvalue weighted by Gasteiger charge is -2.35. The molecule has 0 saturated heterocycles. The van der Waals surface area contributed by atoms with Gasteiger partial charge in [0.2, 0.25) is 0 Å². The van der Waals surface area contributed by atoms with Crippen LogP contribution in [0.3, 0.4) is 0 Å². The van der Waals surface area contributed by atoms with E-state index < -0.39 is 0 Å². The van der Waals surface area contributed by atoms with Crippen LogP contribution in [0.2, 0.25) is 0 Å². The number of hydrogen-bond donors (Lipinski definition) is 0. The van der Waals surface area contributed by atoms with Crippen LogP contribution in [0.25, 0.3) is 0 Å². The first kappa shape index (κ1) is 17.5. The predicted molar refractivity (Wildman–Crippen MR) is 97.7 cm³/mol. The molecule has 1 atom stereocenters. The van der Waals surface area contributed by atoms with E-state index in [1.54, 1.807) is 0 Å². The SMILES string of the molecule is CN(CCOC1CCC(C2C=CCCC2)CC1)C1CCCCC1. The first-order chi connectivity index (χ1) is 11.3. The summed E-state index contributed by atoms with van der Waals surface area (Å²) in [6.07, 6.45) is 22.1. The van der Waals surface area contributed by atoms with E-state index in [0.29, 0.717) is 6.10 Å². The van der Waals surface area contributed by atoms with Crippen LogP contribution in [0.1, 0.15) is 77.0 Å². The van der Waals surface area contributed by atoms with E-state index in [0.717, 1.165) is 31.0 Å². The first-order valence-corrected chi connectivity index (χ1v) is 10.3. The minimum absolute atomic E-state index is 0.540. The average molecular weight is 320 g/mol. The van der Waals surface area contributed by atoms with Crippen LogP contribution in [-0.2, 0) is 4.74 Å². The topological polar surface area (TPSA) is 12.5 Å². The number of likely N-dealkylation sites (N-methyl/N-ethyl adjacent to an activating group) is 1. The summed E-state index contributed by atoms with van der Waals surface area (Å²) in [5, 5.41) is 0. The maximum Gasteiger partial charge on any atom is 0.0597 e. The van der Waals surface area contributed by atoms with E-state index >= 15 is 0 Å². The third-order valence-corrected chi connectivity index (χ3v) is 6.61. The van der Waals surface area contributed by atoms with Crippen LogP contribution in [0.4, 0.5) is 0 Å². The number of allylic oxidation sites excluding steroid dienone is 2. The Hall–Kier alpha value is -0.340. The van der Waals surface area contributed by atoms with E-state index in [9.17, 15) is 0 Å². The molecule has 0 radical (unpaired) electrons. The van der Waals surface area contributed by atoms with Gasteiger partial charge in [-0.15, -0.1) is 0 Å². The molecule has 0 bridgehead atoms. The summed E-state index contributed by atoms with van der Waals surface area (Å²) in [4.78, 5) is 2.55. The van der Waals surface area contributed by atoms with Gasteiger partial charge >= 0.3 is 0 Å². The fourth-order valence-electron chi connectivity index (χ4n) is 4.98.